The summed E-state index contributed by atoms with van der Waals surface area (Å²) in [5, 5.41) is 14.5. The predicted molar refractivity (Wildman–Crippen MR) is 133 cm³/mol. The summed E-state index contributed by atoms with van der Waals surface area (Å²) in [6, 6.07) is 10.5. The van der Waals surface area contributed by atoms with Crippen molar-refractivity contribution in [3.05, 3.63) is 24.3 Å². The molecule has 3 fully saturated rings. The van der Waals surface area contributed by atoms with Crippen LogP contribution in [0.5, 0.6) is 0 Å². The van der Waals surface area contributed by atoms with Crippen LogP contribution in [0, 0.1) is 11.3 Å². The number of benzene rings is 1. The van der Waals surface area contributed by atoms with Crippen molar-refractivity contribution in [3.63, 3.8) is 0 Å². The molecule has 0 spiro atoms. The van der Waals surface area contributed by atoms with Gasteiger partial charge in [-0.15, -0.1) is 0 Å². The van der Waals surface area contributed by atoms with Crippen molar-refractivity contribution in [1.82, 2.24) is 20.4 Å². The number of hydrogen-bond acceptors (Lipinski definition) is 6. The van der Waals surface area contributed by atoms with E-state index in [4.69, 9.17) is 5.26 Å². The second kappa shape index (κ2) is 11.0. The maximum absolute atomic E-state index is 13.1. The summed E-state index contributed by atoms with van der Waals surface area (Å²) >= 11 is 0. The van der Waals surface area contributed by atoms with Crippen LogP contribution in [0.2, 0.25) is 0 Å². The van der Waals surface area contributed by atoms with Crippen LogP contribution >= 0.6 is 0 Å². The molecule has 0 bridgehead atoms. The Morgan fingerprint density at radius 2 is 1.41 bits per heavy atom. The standard InChI is InChI=1S/C25H37N7O2/c1-29-13-15-30(16-14-29)21-5-7-22(8-6-21)31-17-19-32(20-18-31)24(34)28-25(9-3-2-4-10-25)23(33)27-12-11-26/h5-8H,2-4,9-10,12-20H2,1H3,(H,27,33)(H,28,34). The molecule has 9 heteroatoms. The van der Waals surface area contributed by atoms with Gasteiger partial charge in [-0.3, -0.25) is 4.79 Å². The molecular formula is C25H37N7O2. The number of carbonyl (C=O) groups is 2. The van der Waals surface area contributed by atoms with Crippen LogP contribution in [-0.4, -0.2) is 93.2 Å². The van der Waals surface area contributed by atoms with Crippen molar-refractivity contribution < 1.29 is 9.59 Å². The quantitative estimate of drug-likeness (QED) is 0.639. The van der Waals surface area contributed by atoms with Crippen molar-refractivity contribution >= 4 is 23.3 Å². The third-order valence-electron chi connectivity index (χ3n) is 7.47. The van der Waals surface area contributed by atoms with Crippen LogP contribution < -0.4 is 20.4 Å². The number of hydrogen-bond donors (Lipinski definition) is 2. The molecule has 0 radical (unpaired) electrons. The van der Waals surface area contributed by atoms with Gasteiger partial charge in [0.05, 0.1) is 6.07 Å². The molecule has 0 atom stereocenters. The summed E-state index contributed by atoms with van der Waals surface area (Å²) in [5.41, 5.74) is 1.54. The summed E-state index contributed by atoms with van der Waals surface area (Å²) in [6.07, 6.45) is 4.11. The highest BCUT2D eigenvalue weighted by molar-refractivity contribution is 5.91. The molecule has 2 saturated heterocycles. The van der Waals surface area contributed by atoms with Crippen LogP contribution in [0.1, 0.15) is 32.1 Å². The van der Waals surface area contributed by atoms with E-state index in [1.807, 2.05) is 11.0 Å². The summed E-state index contributed by atoms with van der Waals surface area (Å²) in [7, 11) is 2.17. The van der Waals surface area contributed by atoms with Gasteiger partial charge in [-0.25, -0.2) is 4.79 Å². The first-order valence-corrected chi connectivity index (χ1v) is 12.5. The van der Waals surface area contributed by atoms with E-state index in [1.165, 1.54) is 11.4 Å². The summed E-state index contributed by atoms with van der Waals surface area (Å²) in [5.74, 6) is -0.235. The molecule has 1 saturated carbocycles. The van der Waals surface area contributed by atoms with Crippen LogP contribution in [0.15, 0.2) is 24.3 Å². The normalized spacial score (nSPS) is 21.0. The smallest absolute Gasteiger partial charge is 0.318 e. The average molecular weight is 468 g/mol. The fraction of sp³-hybridized carbons (Fsp3) is 0.640. The fourth-order valence-corrected chi connectivity index (χ4v) is 5.24. The van der Waals surface area contributed by atoms with Gasteiger partial charge >= 0.3 is 6.03 Å². The highest BCUT2D eigenvalue weighted by atomic mass is 16.2. The fourth-order valence-electron chi connectivity index (χ4n) is 5.24. The topological polar surface area (TPSA) is 94.9 Å². The highest BCUT2D eigenvalue weighted by Crippen LogP contribution is 2.29. The van der Waals surface area contributed by atoms with E-state index in [9.17, 15) is 9.59 Å². The molecular weight excluding hydrogens is 430 g/mol. The number of piperazine rings is 2. The molecule has 0 aromatic heterocycles. The third-order valence-corrected chi connectivity index (χ3v) is 7.47. The number of nitrogens with one attached hydrogen (secondary N) is 2. The molecule has 4 rings (SSSR count). The van der Waals surface area contributed by atoms with Gasteiger partial charge in [0, 0.05) is 63.7 Å². The van der Waals surface area contributed by atoms with Gasteiger partial charge < -0.3 is 30.2 Å². The molecule has 1 aromatic carbocycles. The molecule has 34 heavy (non-hydrogen) atoms. The van der Waals surface area contributed by atoms with E-state index in [0.717, 1.165) is 58.5 Å². The lowest BCUT2D eigenvalue weighted by atomic mass is 9.81. The Balaban J connectivity index is 1.31. The number of carbonyl (C=O) groups excluding carboxylic acids is 2. The zero-order chi connectivity index (χ0) is 24.0. The van der Waals surface area contributed by atoms with E-state index in [2.05, 4.69) is 56.6 Å². The third kappa shape index (κ3) is 5.55. The minimum absolute atomic E-state index is 0.0390. The Labute approximate surface area is 202 Å². The molecule has 9 nitrogen and oxygen atoms in total. The van der Waals surface area contributed by atoms with Crippen LogP contribution in [0.3, 0.4) is 0 Å². The van der Waals surface area contributed by atoms with E-state index in [1.54, 1.807) is 0 Å². The number of nitriles is 1. The van der Waals surface area contributed by atoms with Gasteiger partial charge in [-0.1, -0.05) is 19.3 Å². The van der Waals surface area contributed by atoms with Gasteiger partial charge in [-0.2, -0.15) is 5.26 Å². The number of nitrogens with zero attached hydrogens (tertiary/aromatic N) is 5. The van der Waals surface area contributed by atoms with E-state index in [-0.39, 0.29) is 18.5 Å². The summed E-state index contributed by atoms with van der Waals surface area (Å²) in [6.45, 7) is 7.00. The number of urea groups is 1. The molecule has 3 amide bonds. The molecule has 184 valence electrons. The van der Waals surface area contributed by atoms with Gasteiger partial charge in [0.1, 0.15) is 12.1 Å². The first-order valence-electron chi connectivity index (χ1n) is 12.5. The first-order chi connectivity index (χ1) is 16.5. The second-order valence-electron chi connectivity index (χ2n) is 9.69. The minimum atomic E-state index is -0.900. The van der Waals surface area contributed by atoms with Gasteiger partial charge in [0.2, 0.25) is 5.91 Å². The van der Waals surface area contributed by atoms with E-state index in [0.29, 0.717) is 25.9 Å². The zero-order valence-electron chi connectivity index (χ0n) is 20.3. The van der Waals surface area contributed by atoms with Crippen molar-refractivity contribution in [3.8, 4) is 6.07 Å². The lowest BCUT2D eigenvalue weighted by Crippen LogP contribution is -2.63. The van der Waals surface area contributed by atoms with E-state index < -0.39 is 5.54 Å². The average Bonchev–Trinajstić information content (AvgIpc) is 2.88. The predicted octanol–water partition coefficient (Wildman–Crippen LogP) is 1.61. The molecule has 2 heterocycles. The van der Waals surface area contributed by atoms with Gasteiger partial charge in [0.25, 0.3) is 0 Å². The largest absolute Gasteiger partial charge is 0.369 e. The van der Waals surface area contributed by atoms with Crippen molar-refractivity contribution in [2.24, 2.45) is 0 Å². The SMILES string of the molecule is CN1CCN(c2ccc(N3CCN(C(=O)NC4(C(=O)NCC#N)CCCCC4)CC3)cc2)CC1. The second-order valence-corrected chi connectivity index (χ2v) is 9.69. The molecule has 3 aliphatic rings. The number of likely N-dealkylation sites (N-methyl/N-ethyl adjacent to an activating group) is 1. The number of amides is 3. The van der Waals surface area contributed by atoms with E-state index >= 15 is 0 Å². The Hall–Kier alpha value is -2.99. The Kier molecular flexibility index (Phi) is 7.78. The highest BCUT2D eigenvalue weighted by Gasteiger charge is 2.41. The lowest BCUT2D eigenvalue weighted by Gasteiger charge is -2.41. The molecule has 2 N–H and O–H groups in total. The number of anilines is 2. The van der Waals surface area contributed by atoms with Crippen LogP contribution in [-0.2, 0) is 4.79 Å². The summed E-state index contributed by atoms with van der Waals surface area (Å²) in [4.78, 5) is 34.8. The Morgan fingerprint density at radius 3 is 1.94 bits per heavy atom. The Bertz CT molecular complexity index is 876. The lowest BCUT2D eigenvalue weighted by molar-refractivity contribution is -0.128. The van der Waals surface area contributed by atoms with Crippen molar-refractivity contribution in [2.75, 3.05) is 75.8 Å². The van der Waals surface area contributed by atoms with Crippen molar-refractivity contribution in [1.29, 1.82) is 5.26 Å². The summed E-state index contributed by atoms with van der Waals surface area (Å²) < 4.78 is 0. The van der Waals surface area contributed by atoms with Crippen molar-refractivity contribution in [2.45, 2.75) is 37.6 Å². The van der Waals surface area contributed by atoms with Gasteiger partial charge in [0.15, 0.2) is 0 Å². The van der Waals surface area contributed by atoms with Crippen LogP contribution in [0.25, 0.3) is 0 Å². The molecule has 1 aliphatic carbocycles. The molecule has 0 unspecified atom stereocenters. The minimum Gasteiger partial charge on any atom is -0.369 e. The zero-order valence-corrected chi connectivity index (χ0v) is 20.3. The monoisotopic (exact) mass is 467 g/mol. The molecule has 1 aromatic rings. The molecule has 2 aliphatic heterocycles. The number of rotatable bonds is 5. The maximum Gasteiger partial charge on any atom is 0.318 e. The Morgan fingerprint density at radius 1 is 0.882 bits per heavy atom. The first kappa shape index (κ1) is 24.1. The van der Waals surface area contributed by atoms with Gasteiger partial charge in [-0.05, 0) is 44.2 Å². The van der Waals surface area contributed by atoms with Crippen LogP contribution in [0.4, 0.5) is 16.2 Å². The maximum atomic E-state index is 13.1.